The zero-order valence-corrected chi connectivity index (χ0v) is 12.9. The molecule has 0 aliphatic heterocycles. The van der Waals surface area contributed by atoms with Gasteiger partial charge < -0.3 is 16.0 Å². The van der Waals surface area contributed by atoms with Crippen molar-refractivity contribution in [3.63, 3.8) is 0 Å². The molecule has 1 amide bonds. The van der Waals surface area contributed by atoms with Crippen molar-refractivity contribution >= 4 is 5.91 Å². The van der Waals surface area contributed by atoms with Crippen molar-refractivity contribution < 1.29 is 4.79 Å². The molecule has 0 bridgehead atoms. The molecule has 1 rings (SSSR count). The van der Waals surface area contributed by atoms with Crippen LogP contribution in [-0.4, -0.2) is 43.5 Å². The maximum atomic E-state index is 11.9. The molecule has 1 atom stereocenters. The highest BCUT2D eigenvalue weighted by molar-refractivity contribution is 5.75. The molecule has 0 aromatic carbocycles. The molecule has 112 valence electrons. The van der Waals surface area contributed by atoms with E-state index < -0.39 is 0 Å². The Morgan fingerprint density at radius 1 is 1.32 bits per heavy atom. The van der Waals surface area contributed by atoms with Gasteiger partial charge in [0, 0.05) is 18.5 Å². The fourth-order valence-electron chi connectivity index (χ4n) is 2.84. The lowest BCUT2D eigenvalue weighted by molar-refractivity contribution is -0.122. The Kier molecular flexibility index (Phi) is 6.80. The van der Waals surface area contributed by atoms with Crippen molar-refractivity contribution in [1.29, 1.82) is 0 Å². The maximum Gasteiger partial charge on any atom is 0.220 e. The topological polar surface area (TPSA) is 58.4 Å². The van der Waals surface area contributed by atoms with Crippen LogP contribution in [0.5, 0.6) is 0 Å². The summed E-state index contributed by atoms with van der Waals surface area (Å²) in [6, 6.07) is 0. The Bertz CT molecular complexity index is 273. The molecular formula is C15H31N3O. The van der Waals surface area contributed by atoms with E-state index in [1.165, 1.54) is 32.1 Å². The fourth-order valence-corrected chi connectivity index (χ4v) is 2.84. The average molecular weight is 269 g/mol. The Hall–Kier alpha value is -0.610. The summed E-state index contributed by atoms with van der Waals surface area (Å²) in [5, 5.41) is 3.13. The van der Waals surface area contributed by atoms with Crippen LogP contribution in [0.15, 0.2) is 0 Å². The van der Waals surface area contributed by atoms with E-state index in [1.807, 2.05) is 0 Å². The van der Waals surface area contributed by atoms with Gasteiger partial charge in [-0.1, -0.05) is 26.2 Å². The molecule has 0 spiro atoms. The predicted molar refractivity (Wildman–Crippen MR) is 80.0 cm³/mol. The first-order valence-corrected chi connectivity index (χ1v) is 7.64. The van der Waals surface area contributed by atoms with Gasteiger partial charge in [0.05, 0.1) is 0 Å². The van der Waals surface area contributed by atoms with E-state index in [-0.39, 0.29) is 11.4 Å². The van der Waals surface area contributed by atoms with E-state index in [4.69, 9.17) is 5.73 Å². The molecule has 0 heterocycles. The monoisotopic (exact) mass is 269 g/mol. The van der Waals surface area contributed by atoms with E-state index in [2.05, 4.69) is 31.2 Å². The molecule has 0 aromatic heterocycles. The largest absolute Gasteiger partial charge is 0.354 e. The lowest BCUT2D eigenvalue weighted by Crippen LogP contribution is -2.53. The third kappa shape index (κ3) is 5.11. The van der Waals surface area contributed by atoms with E-state index in [0.29, 0.717) is 18.9 Å². The highest BCUT2D eigenvalue weighted by Gasteiger charge is 2.34. The van der Waals surface area contributed by atoms with Gasteiger partial charge in [-0.05, 0) is 45.8 Å². The van der Waals surface area contributed by atoms with E-state index in [1.54, 1.807) is 0 Å². The molecule has 0 aromatic rings. The lowest BCUT2D eigenvalue weighted by Gasteiger charge is -2.43. The second-order valence-corrected chi connectivity index (χ2v) is 6.34. The van der Waals surface area contributed by atoms with E-state index in [9.17, 15) is 4.79 Å². The predicted octanol–water partition coefficient (Wildman–Crippen LogP) is 1.74. The number of amides is 1. The SMILES string of the molecule is CC(CN)CCC(=O)NCC1(N(C)C)CCCCC1. The fraction of sp³-hybridized carbons (Fsp3) is 0.933. The summed E-state index contributed by atoms with van der Waals surface area (Å²) in [6.45, 7) is 3.54. The highest BCUT2D eigenvalue weighted by Crippen LogP contribution is 2.31. The third-order valence-electron chi connectivity index (χ3n) is 4.61. The van der Waals surface area contributed by atoms with Crippen molar-refractivity contribution in [3.8, 4) is 0 Å². The van der Waals surface area contributed by atoms with Gasteiger partial charge in [0.25, 0.3) is 0 Å². The second kappa shape index (κ2) is 7.85. The van der Waals surface area contributed by atoms with Gasteiger partial charge in [0.2, 0.25) is 5.91 Å². The van der Waals surface area contributed by atoms with Gasteiger partial charge in [0.1, 0.15) is 0 Å². The first kappa shape index (κ1) is 16.4. The van der Waals surface area contributed by atoms with Crippen LogP contribution in [0.2, 0.25) is 0 Å². The molecule has 4 heteroatoms. The Balaban J connectivity index is 2.37. The average Bonchev–Trinajstić information content (AvgIpc) is 2.43. The summed E-state index contributed by atoms with van der Waals surface area (Å²) in [6.07, 6.45) is 7.76. The van der Waals surface area contributed by atoms with Crippen molar-refractivity contribution in [2.75, 3.05) is 27.2 Å². The molecule has 1 aliphatic rings. The number of likely N-dealkylation sites (N-methyl/N-ethyl adjacent to an activating group) is 1. The Morgan fingerprint density at radius 3 is 2.47 bits per heavy atom. The summed E-state index contributed by atoms with van der Waals surface area (Å²) in [4.78, 5) is 14.2. The minimum absolute atomic E-state index is 0.173. The number of nitrogens with zero attached hydrogens (tertiary/aromatic N) is 1. The number of hydrogen-bond acceptors (Lipinski definition) is 3. The number of rotatable bonds is 7. The minimum Gasteiger partial charge on any atom is -0.354 e. The summed E-state index contributed by atoms with van der Waals surface area (Å²) >= 11 is 0. The van der Waals surface area contributed by atoms with Crippen molar-refractivity contribution in [3.05, 3.63) is 0 Å². The van der Waals surface area contributed by atoms with Gasteiger partial charge in [0.15, 0.2) is 0 Å². The molecule has 0 radical (unpaired) electrons. The molecule has 0 saturated heterocycles. The molecule has 3 N–H and O–H groups in total. The zero-order chi connectivity index (χ0) is 14.3. The van der Waals surface area contributed by atoms with Crippen LogP contribution in [0.1, 0.15) is 51.9 Å². The summed E-state index contributed by atoms with van der Waals surface area (Å²) in [7, 11) is 4.27. The van der Waals surface area contributed by atoms with Crippen LogP contribution in [0.25, 0.3) is 0 Å². The quantitative estimate of drug-likeness (QED) is 0.740. The Labute approximate surface area is 118 Å². The van der Waals surface area contributed by atoms with Crippen LogP contribution in [0, 0.1) is 5.92 Å². The number of nitrogens with one attached hydrogen (secondary N) is 1. The van der Waals surface area contributed by atoms with Crippen molar-refractivity contribution in [2.24, 2.45) is 11.7 Å². The molecule has 1 aliphatic carbocycles. The first-order valence-electron chi connectivity index (χ1n) is 7.64. The van der Waals surface area contributed by atoms with Crippen LogP contribution >= 0.6 is 0 Å². The van der Waals surface area contributed by atoms with Gasteiger partial charge in [-0.15, -0.1) is 0 Å². The van der Waals surface area contributed by atoms with Crippen LogP contribution in [0.3, 0.4) is 0 Å². The third-order valence-corrected chi connectivity index (χ3v) is 4.61. The lowest BCUT2D eigenvalue weighted by atomic mass is 9.80. The summed E-state index contributed by atoms with van der Waals surface area (Å²) in [5.41, 5.74) is 5.75. The minimum atomic E-state index is 0.173. The maximum absolute atomic E-state index is 11.9. The van der Waals surface area contributed by atoms with Gasteiger partial charge >= 0.3 is 0 Å². The highest BCUT2D eigenvalue weighted by atomic mass is 16.1. The normalized spacial score (nSPS) is 20.3. The molecule has 1 fully saturated rings. The molecule has 19 heavy (non-hydrogen) atoms. The number of nitrogens with two attached hydrogens (primary N) is 1. The van der Waals surface area contributed by atoms with Gasteiger partial charge in [-0.2, -0.15) is 0 Å². The standard InChI is InChI=1S/C15H31N3O/c1-13(11-16)7-8-14(19)17-12-15(18(2)3)9-5-4-6-10-15/h13H,4-12,16H2,1-3H3,(H,17,19). The second-order valence-electron chi connectivity index (χ2n) is 6.34. The molecule has 1 saturated carbocycles. The van der Waals surface area contributed by atoms with E-state index in [0.717, 1.165) is 13.0 Å². The first-order chi connectivity index (χ1) is 9.00. The number of hydrogen-bond donors (Lipinski definition) is 2. The smallest absolute Gasteiger partial charge is 0.220 e. The van der Waals surface area contributed by atoms with E-state index >= 15 is 0 Å². The number of carbonyl (C=O) groups is 1. The summed E-state index contributed by atoms with van der Waals surface area (Å²) < 4.78 is 0. The zero-order valence-electron chi connectivity index (χ0n) is 12.9. The Morgan fingerprint density at radius 2 is 1.95 bits per heavy atom. The van der Waals surface area contributed by atoms with Crippen molar-refractivity contribution in [1.82, 2.24) is 10.2 Å². The van der Waals surface area contributed by atoms with Gasteiger partial charge in [-0.3, -0.25) is 4.79 Å². The van der Waals surface area contributed by atoms with Crippen LogP contribution in [-0.2, 0) is 4.79 Å². The summed E-state index contributed by atoms with van der Waals surface area (Å²) in [5.74, 6) is 0.607. The molecular weight excluding hydrogens is 238 g/mol. The van der Waals surface area contributed by atoms with Gasteiger partial charge in [-0.25, -0.2) is 0 Å². The van der Waals surface area contributed by atoms with Crippen LogP contribution < -0.4 is 11.1 Å². The van der Waals surface area contributed by atoms with Crippen molar-refractivity contribution in [2.45, 2.75) is 57.4 Å². The van der Waals surface area contributed by atoms with Crippen LogP contribution in [0.4, 0.5) is 0 Å². The molecule has 4 nitrogen and oxygen atoms in total. The molecule has 1 unspecified atom stereocenters. The number of carbonyl (C=O) groups excluding carboxylic acids is 1.